The van der Waals surface area contributed by atoms with Crippen molar-refractivity contribution < 1.29 is 9.47 Å². The largest absolute Gasteiger partial charge is 0.382 e. The van der Waals surface area contributed by atoms with Crippen molar-refractivity contribution in [3.63, 3.8) is 0 Å². The van der Waals surface area contributed by atoms with E-state index in [1.165, 1.54) is 10.0 Å². The molecule has 1 N–H and O–H groups in total. The smallest absolute Gasteiger partial charge is 0.0700 e. The lowest BCUT2D eigenvalue weighted by Gasteiger charge is -2.19. The van der Waals surface area contributed by atoms with Gasteiger partial charge in [-0.3, -0.25) is 0 Å². The van der Waals surface area contributed by atoms with E-state index in [9.17, 15) is 0 Å². The van der Waals surface area contributed by atoms with Gasteiger partial charge in [0.2, 0.25) is 0 Å². The molecule has 0 aliphatic rings. The molecule has 1 aromatic carbocycles. The summed E-state index contributed by atoms with van der Waals surface area (Å²) in [5.41, 5.74) is 1.38. The highest BCUT2D eigenvalue weighted by molar-refractivity contribution is 9.10. The lowest BCUT2D eigenvalue weighted by molar-refractivity contribution is 0.0681. The molecular formula is C16H26BrNO2. The Morgan fingerprint density at radius 1 is 1.20 bits per heavy atom. The zero-order valence-electron chi connectivity index (χ0n) is 12.5. The summed E-state index contributed by atoms with van der Waals surface area (Å²) in [6, 6.07) is 8.49. The molecule has 0 spiro atoms. The van der Waals surface area contributed by atoms with Gasteiger partial charge in [-0.25, -0.2) is 0 Å². The van der Waals surface area contributed by atoms with E-state index >= 15 is 0 Å². The Bertz CT molecular complexity index is 360. The minimum absolute atomic E-state index is 0.525. The maximum atomic E-state index is 5.54. The van der Waals surface area contributed by atoms with Crippen LogP contribution >= 0.6 is 15.9 Å². The topological polar surface area (TPSA) is 30.5 Å². The summed E-state index contributed by atoms with van der Waals surface area (Å²) in [6.45, 7) is 6.32. The van der Waals surface area contributed by atoms with Crippen molar-refractivity contribution in [3.8, 4) is 0 Å². The van der Waals surface area contributed by atoms with E-state index in [0.717, 1.165) is 32.5 Å². The molecular weight excluding hydrogens is 318 g/mol. The van der Waals surface area contributed by atoms with E-state index in [-0.39, 0.29) is 0 Å². The van der Waals surface area contributed by atoms with Gasteiger partial charge in [0.1, 0.15) is 0 Å². The van der Waals surface area contributed by atoms with Crippen molar-refractivity contribution in [3.05, 3.63) is 34.3 Å². The SMILES string of the molecule is CCNCC(CCCOCCOC)c1ccccc1Br. The van der Waals surface area contributed by atoms with Crippen molar-refractivity contribution in [2.24, 2.45) is 0 Å². The summed E-state index contributed by atoms with van der Waals surface area (Å²) in [6.07, 6.45) is 2.20. The molecule has 114 valence electrons. The first kappa shape index (κ1) is 17.6. The Morgan fingerprint density at radius 2 is 2.00 bits per heavy atom. The summed E-state index contributed by atoms with van der Waals surface area (Å²) in [5, 5.41) is 3.45. The molecule has 4 heteroatoms. The summed E-state index contributed by atoms with van der Waals surface area (Å²) in [7, 11) is 1.70. The van der Waals surface area contributed by atoms with Gasteiger partial charge in [0.05, 0.1) is 13.2 Å². The maximum Gasteiger partial charge on any atom is 0.0700 e. The summed E-state index contributed by atoms with van der Waals surface area (Å²) >= 11 is 3.66. The third kappa shape index (κ3) is 6.84. The number of nitrogens with one attached hydrogen (secondary N) is 1. The average molecular weight is 344 g/mol. The second kappa shape index (κ2) is 11.3. The predicted octanol–water partition coefficient (Wildman–Crippen LogP) is 3.59. The number of hydrogen-bond donors (Lipinski definition) is 1. The molecule has 0 bridgehead atoms. The molecule has 1 rings (SSSR count). The number of benzene rings is 1. The van der Waals surface area contributed by atoms with Crippen molar-refractivity contribution in [2.75, 3.05) is 40.0 Å². The number of rotatable bonds is 11. The van der Waals surface area contributed by atoms with Crippen LogP contribution in [0.15, 0.2) is 28.7 Å². The molecule has 0 aliphatic heterocycles. The first-order chi connectivity index (χ1) is 9.79. The fourth-order valence-electron chi connectivity index (χ4n) is 2.17. The fourth-order valence-corrected chi connectivity index (χ4v) is 2.78. The van der Waals surface area contributed by atoms with Crippen LogP contribution < -0.4 is 5.32 Å². The summed E-state index contributed by atoms with van der Waals surface area (Å²) in [4.78, 5) is 0. The van der Waals surface area contributed by atoms with Crippen LogP contribution in [0.1, 0.15) is 31.2 Å². The monoisotopic (exact) mass is 343 g/mol. The Kier molecular flexibility index (Phi) is 9.93. The van der Waals surface area contributed by atoms with Gasteiger partial charge < -0.3 is 14.8 Å². The lowest BCUT2D eigenvalue weighted by atomic mass is 9.94. The molecule has 1 atom stereocenters. The third-order valence-electron chi connectivity index (χ3n) is 3.26. The Morgan fingerprint density at radius 3 is 2.70 bits per heavy atom. The van der Waals surface area contributed by atoms with Crippen LogP contribution in [-0.4, -0.2) is 40.0 Å². The number of methoxy groups -OCH3 is 1. The summed E-state index contributed by atoms with van der Waals surface area (Å²) < 4.78 is 11.7. The van der Waals surface area contributed by atoms with Crippen LogP contribution in [0.5, 0.6) is 0 Å². The van der Waals surface area contributed by atoms with Gasteiger partial charge in [-0.2, -0.15) is 0 Å². The normalized spacial score (nSPS) is 12.6. The molecule has 0 aromatic heterocycles. The van der Waals surface area contributed by atoms with Crippen LogP contribution in [-0.2, 0) is 9.47 Å². The lowest BCUT2D eigenvalue weighted by Crippen LogP contribution is -2.22. The Labute approximate surface area is 131 Å². The van der Waals surface area contributed by atoms with Crippen LogP contribution in [0.25, 0.3) is 0 Å². The van der Waals surface area contributed by atoms with Crippen molar-refractivity contribution in [1.82, 2.24) is 5.32 Å². The molecule has 0 heterocycles. The molecule has 0 fully saturated rings. The molecule has 0 aliphatic carbocycles. The standard InChI is InChI=1S/C16H26BrNO2/c1-3-18-13-14(7-6-10-20-12-11-19-2)15-8-4-5-9-16(15)17/h4-5,8-9,14,18H,3,6-7,10-13H2,1-2H3. The number of likely N-dealkylation sites (N-methyl/N-ethyl adjacent to an activating group) is 1. The predicted molar refractivity (Wildman–Crippen MR) is 87.4 cm³/mol. The molecule has 0 amide bonds. The minimum atomic E-state index is 0.525. The highest BCUT2D eigenvalue weighted by Crippen LogP contribution is 2.27. The number of ether oxygens (including phenoxy) is 2. The minimum Gasteiger partial charge on any atom is -0.382 e. The van der Waals surface area contributed by atoms with E-state index in [1.54, 1.807) is 7.11 Å². The first-order valence-corrected chi connectivity index (χ1v) is 8.10. The van der Waals surface area contributed by atoms with E-state index in [4.69, 9.17) is 9.47 Å². The second-order valence-corrected chi connectivity index (χ2v) is 5.63. The van der Waals surface area contributed by atoms with Crippen molar-refractivity contribution in [1.29, 1.82) is 0 Å². The van der Waals surface area contributed by atoms with Gasteiger partial charge in [0, 0.05) is 24.7 Å². The molecule has 3 nitrogen and oxygen atoms in total. The van der Waals surface area contributed by atoms with E-state index in [1.807, 2.05) is 0 Å². The Hall–Kier alpha value is -0.420. The molecule has 20 heavy (non-hydrogen) atoms. The van der Waals surface area contributed by atoms with Gasteiger partial charge in [-0.1, -0.05) is 41.1 Å². The highest BCUT2D eigenvalue weighted by Gasteiger charge is 2.13. The van der Waals surface area contributed by atoms with Crippen molar-refractivity contribution >= 4 is 15.9 Å². The van der Waals surface area contributed by atoms with Gasteiger partial charge >= 0.3 is 0 Å². The molecule has 1 aromatic rings. The van der Waals surface area contributed by atoms with Crippen LogP contribution in [0.4, 0.5) is 0 Å². The molecule has 1 unspecified atom stereocenters. The van der Waals surface area contributed by atoms with Gasteiger partial charge in [0.15, 0.2) is 0 Å². The van der Waals surface area contributed by atoms with Crippen LogP contribution in [0, 0.1) is 0 Å². The third-order valence-corrected chi connectivity index (χ3v) is 3.98. The van der Waals surface area contributed by atoms with E-state index in [2.05, 4.69) is 52.4 Å². The van der Waals surface area contributed by atoms with Gasteiger partial charge in [0.25, 0.3) is 0 Å². The molecule has 0 saturated heterocycles. The summed E-state index contributed by atoms with van der Waals surface area (Å²) in [5.74, 6) is 0.525. The van der Waals surface area contributed by atoms with Gasteiger partial charge in [-0.15, -0.1) is 0 Å². The average Bonchev–Trinajstić information content (AvgIpc) is 2.47. The second-order valence-electron chi connectivity index (χ2n) is 4.77. The van der Waals surface area contributed by atoms with Gasteiger partial charge in [-0.05, 0) is 36.9 Å². The number of hydrogen-bond acceptors (Lipinski definition) is 3. The van der Waals surface area contributed by atoms with Crippen molar-refractivity contribution in [2.45, 2.75) is 25.7 Å². The molecule has 0 radical (unpaired) electrons. The maximum absolute atomic E-state index is 5.54. The first-order valence-electron chi connectivity index (χ1n) is 7.31. The zero-order chi connectivity index (χ0) is 14.6. The molecule has 0 saturated carbocycles. The van der Waals surface area contributed by atoms with Crippen LogP contribution in [0.3, 0.4) is 0 Å². The van der Waals surface area contributed by atoms with E-state index in [0.29, 0.717) is 19.1 Å². The number of halogens is 1. The Balaban J connectivity index is 2.42. The highest BCUT2D eigenvalue weighted by atomic mass is 79.9. The van der Waals surface area contributed by atoms with Crippen LogP contribution in [0.2, 0.25) is 0 Å². The fraction of sp³-hybridized carbons (Fsp3) is 0.625. The van der Waals surface area contributed by atoms with E-state index < -0.39 is 0 Å². The quantitative estimate of drug-likeness (QED) is 0.623. The zero-order valence-corrected chi connectivity index (χ0v) is 14.1.